The van der Waals surface area contributed by atoms with Gasteiger partial charge in [-0.2, -0.15) is 13.2 Å². The van der Waals surface area contributed by atoms with Crippen LogP contribution in [0.2, 0.25) is 0 Å². The van der Waals surface area contributed by atoms with Crippen LogP contribution < -0.4 is 0 Å². The van der Waals surface area contributed by atoms with Crippen LogP contribution in [0.15, 0.2) is 61.2 Å². The lowest BCUT2D eigenvalue weighted by molar-refractivity contribution is -0.279. The van der Waals surface area contributed by atoms with Gasteiger partial charge in [0.2, 0.25) is 0 Å². The molecule has 5 nitrogen and oxygen atoms in total. The van der Waals surface area contributed by atoms with E-state index in [9.17, 15) is 22.7 Å². The average molecular weight is 511 g/mol. The molecule has 37 heavy (non-hydrogen) atoms. The molecular weight excluding hydrogens is 484 g/mol. The van der Waals surface area contributed by atoms with Gasteiger partial charge in [-0.25, -0.2) is 14.4 Å². The zero-order chi connectivity index (χ0) is 25.8. The highest BCUT2D eigenvalue weighted by Crippen LogP contribution is 2.56. The van der Waals surface area contributed by atoms with Crippen molar-refractivity contribution in [3.8, 4) is 11.3 Å². The van der Waals surface area contributed by atoms with Gasteiger partial charge in [0.1, 0.15) is 17.8 Å². The van der Waals surface area contributed by atoms with E-state index in [4.69, 9.17) is 4.98 Å². The molecule has 0 saturated heterocycles. The molecule has 2 aliphatic carbocycles. The molecule has 1 fully saturated rings. The maximum atomic E-state index is 13.9. The van der Waals surface area contributed by atoms with Crippen LogP contribution in [-0.2, 0) is 18.3 Å². The summed E-state index contributed by atoms with van der Waals surface area (Å²) in [5.74, 6) is -0.733. The van der Waals surface area contributed by atoms with Crippen LogP contribution in [0.4, 0.5) is 17.6 Å². The number of aromatic nitrogens is 4. The van der Waals surface area contributed by atoms with Gasteiger partial charge in [0.15, 0.2) is 11.2 Å². The predicted octanol–water partition coefficient (Wildman–Crippen LogP) is 5.84. The molecule has 1 aromatic carbocycles. The maximum Gasteiger partial charge on any atom is 0.417 e. The van der Waals surface area contributed by atoms with E-state index in [-0.39, 0.29) is 25.1 Å². The van der Waals surface area contributed by atoms with Crippen LogP contribution in [-0.4, -0.2) is 36.2 Å². The summed E-state index contributed by atoms with van der Waals surface area (Å²) >= 11 is 0. The van der Waals surface area contributed by atoms with Crippen LogP contribution in [0.3, 0.4) is 0 Å². The number of alkyl halides is 3. The van der Waals surface area contributed by atoms with Gasteiger partial charge in [0.05, 0.1) is 0 Å². The standard InChI is InChI=1S/C28H26F4N4O/c29-20-9-7-18(8-10-20)24-25-35-23-6-3-4-19-14-27(37,28(30,31)32)12-11-26(19,15-21-5-1-2-13-33-21)22(23)16-36(25)17-34-24/h1-2,5,7-10,13,16-17,19,37H,3-4,6,11-12,14-15H2/t19-,26+,27-/m1/s1. The molecule has 2 aliphatic rings. The van der Waals surface area contributed by atoms with Crippen LogP contribution in [0.25, 0.3) is 16.9 Å². The molecule has 9 heteroatoms. The normalized spacial score (nSPS) is 25.9. The Balaban J connectivity index is 1.50. The summed E-state index contributed by atoms with van der Waals surface area (Å²) in [6.07, 6.45) is 2.37. The van der Waals surface area contributed by atoms with Gasteiger partial charge in [-0.1, -0.05) is 6.07 Å². The van der Waals surface area contributed by atoms with Gasteiger partial charge in [-0.15, -0.1) is 0 Å². The molecule has 6 rings (SSSR count). The number of benzene rings is 1. The second-order valence-electron chi connectivity index (χ2n) is 10.4. The summed E-state index contributed by atoms with van der Waals surface area (Å²) in [7, 11) is 0. The number of fused-ring (bicyclic) bond motifs is 4. The number of pyridine rings is 1. The Morgan fingerprint density at radius 3 is 2.59 bits per heavy atom. The second-order valence-corrected chi connectivity index (χ2v) is 10.4. The van der Waals surface area contributed by atoms with Crippen molar-refractivity contribution in [1.29, 1.82) is 0 Å². The first-order chi connectivity index (χ1) is 17.7. The number of halogens is 4. The Hall–Kier alpha value is -3.33. The Bertz CT molecular complexity index is 1440. The summed E-state index contributed by atoms with van der Waals surface area (Å²) in [5.41, 5.74) is 1.18. The molecule has 0 bridgehead atoms. The summed E-state index contributed by atoms with van der Waals surface area (Å²) in [6, 6.07) is 11.7. The number of nitrogens with zero attached hydrogens (tertiary/aromatic N) is 4. The van der Waals surface area contributed by atoms with E-state index in [0.717, 1.165) is 22.5 Å². The third-order valence-electron chi connectivity index (χ3n) is 8.31. The summed E-state index contributed by atoms with van der Waals surface area (Å²) < 4.78 is 57.1. The highest BCUT2D eigenvalue weighted by molar-refractivity contribution is 5.74. The van der Waals surface area contributed by atoms with Crippen molar-refractivity contribution >= 4 is 5.65 Å². The minimum atomic E-state index is -4.68. The Morgan fingerprint density at radius 2 is 1.86 bits per heavy atom. The summed E-state index contributed by atoms with van der Waals surface area (Å²) in [6.45, 7) is 0. The van der Waals surface area contributed by atoms with Gasteiger partial charge in [-0.3, -0.25) is 9.38 Å². The monoisotopic (exact) mass is 510 g/mol. The Morgan fingerprint density at radius 1 is 1.05 bits per heavy atom. The maximum absolute atomic E-state index is 13.9. The Labute approximate surface area is 211 Å². The molecular formula is C28H26F4N4O. The molecule has 4 aromatic rings. The van der Waals surface area contributed by atoms with Crippen molar-refractivity contribution in [3.63, 3.8) is 0 Å². The lowest BCUT2D eigenvalue weighted by Gasteiger charge is -2.50. The first-order valence-electron chi connectivity index (χ1n) is 12.5. The van der Waals surface area contributed by atoms with Crippen molar-refractivity contribution in [2.45, 2.75) is 62.1 Å². The fourth-order valence-corrected chi connectivity index (χ4v) is 6.38. The molecule has 0 radical (unpaired) electrons. The first-order valence-corrected chi connectivity index (χ1v) is 12.5. The average Bonchev–Trinajstić information content (AvgIpc) is 3.22. The minimum absolute atomic E-state index is 0.171. The second kappa shape index (κ2) is 8.62. The van der Waals surface area contributed by atoms with Crippen molar-refractivity contribution in [3.05, 3.63) is 84.0 Å². The molecule has 0 unspecified atom stereocenters. The number of aryl methyl sites for hydroxylation is 1. The molecule has 1 saturated carbocycles. The number of imidazole rings is 1. The highest BCUT2D eigenvalue weighted by atomic mass is 19.4. The van der Waals surface area contributed by atoms with Crippen molar-refractivity contribution < 1.29 is 22.7 Å². The molecule has 3 aromatic heterocycles. The number of hydrogen-bond donors (Lipinski definition) is 1. The molecule has 1 N–H and O–H groups in total. The number of aliphatic hydroxyl groups is 1. The van der Waals surface area contributed by atoms with Crippen molar-refractivity contribution in [2.24, 2.45) is 5.92 Å². The van der Waals surface area contributed by atoms with Crippen molar-refractivity contribution in [1.82, 2.24) is 19.4 Å². The molecule has 0 amide bonds. The summed E-state index contributed by atoms with van der Waals surface area (Å²) in [4.78, 5) is 14.0. The highest BCUT2D eigenvalue weighted by Gasteiger charge is 2.61. The largest absolute Gasteiger partial charge is 0.417 e. The molecule has 3 heterocycles. The van der Waals surface area contributed by atoms with E-state index in [1.807, 2.05) is 28.8 Å². The van der Waals surface area contributed by atoms with Crippen LogP contribution in [0.1, 0.15) is 49.1 Å². The van der Waals surface area contributed by atoms with E-state index in [0.29, 0.717) is 37.0 Å². The van der Waals surface area contributed by atoms with Crippen molar-refractivity contribution in [2.75, 3.05) is 0 Å². The van der Waals surface area contributed by atoms with Gasteiger partial charge < -0.3 is 5.11 Å². The lowest BCUT2D eigenvalue weighted by Crippen LogP contribution is -2.55. The zero-order valence-corrected chi connectivity index (χ0v) is 20.0. The summed E-state index contributed by atoms with van der Waals surface area (Å²) in [5, 5.41) is 10.7. The van der Waals surface area contributed by atoms with Gasteiger partial charge in [0.25, 0.3) is 0 Å². The Kier molecular flexibility index (Phi) is 5.60. The van der Waals surface area contributed by atoms with Gasteiger partial charge in [-0.05, 0) is 92.8 Å². The quantitative estimate of drug-likeness (QED) is 0.352. The minimum Gasteiger partial charge on any atom is -0.380 e. The third kappa shape index (κ3) is 4.00. The number of rotatable bonds is 3. The molecule has 192 valence electrons. The SMILES string of the molecule is O[C@]1(C(F)(F)F)CC[C@@]2(Cc3ccccn3)c3cn4cnc(-c5ccc(F)cc5)c4nc3CCC[C@@H]2C1. The molecule has 0 aliphatic heterocycles. The van der Waals surface area contributed by atoms with E-state index < -0.39 is 23.1 Å². The zero-order valence-electron chi connectivity index (χ0n) is 20.0. The van der Waals surface area contributed by atoms with Crippen LogP contribution in [0.5, 0.6) is 0 Å². The van der Waals surface area contributed by atoms with Gasteiger partial charge in [0, 0.05) is 34.8 Å². The predicted molar refractivity (Wildman–Crippen MR) is 129 cm³/mol. The smallest absolute Gasteiger partial charge is 0.380 e. The van der Waals surface area contributed by atoms with Crippen LogP contribution in [0, 0.1) is 11.7 Å². The topological polar surface area (TPSA) is 63.3 Å². The van der Waals surface area contributed by atoms with E-state index in [1.165, 1.54) is 12.1 Å². The van der Waals surface area contributed by atoms with Gasteiger partial charge >= 0.3 is 6.18 Å². The lowest BCUT2D eigenvalue weighted by atomic mass is 9.56. The third-order valence-corrected chi connectivity index (χ3v) is 8.31. The van der Waals surface area contributed by atoms with E-state index in [1.54, 1.807) is 24.7 Å². The molecule has 3 atom stereocenters. The van der Waals surface area contributed by atoms with E-state index in [2.05, 4.69) is 9.97 Å². The van der Waals surface area contributed by atoms with Crippen LogP contribution >= 0.6 is 0 Å². The fraction of sp³-hybridized carbons (Fsp3) is 0.393. The first kappa shape index (κ1) is 24.0. The molecule has 0 spiro atoms. The fourth-order valence-electron chi connectivity index (χ4n) is 6.38. The van der Waals surface area contributed by atoms with E-state index >= 15 is 0 Å². The number of hydrogen-bond acceptors (Lipinski definition) is 4.